The Morgan fingerprint density at radius 2 is 1.84 bits per heavy atom. The second-order valence-corrected chi connectivity index (χ2v) is 3.65. The van der Waals surface area contributed by atoms with Crippen molar-refractivity contribution in [3.63, 3.8) is 0 Å². The zero-order valence-corrected chi connectivity index (χ0v) is 9.99. The molecule has 0 fully saturated rings. The lowest BCUT2D eigenvalue weighted by Crippen LogP contribution is -2.20. The van der Waals surface area contributed by atoms with Crippen LogP contribution in [0.3, 0.4) is 0 Å². The van der Waals surface area contributed by atoms with Crippen molar-refractivity contribution in [2.75, 3.05) is 5.32 Å². The van der Waals surface area contributed by atoms with Crippen LogP contribution in [0.15, 0.2) is 36.4 Å². The predicted molar refractivity (Wildman–Crippen MR) is 60.6 cm³/mol. The molecule has 0 saturated heterocycles. The molecule has 0 saturated carbocycles. The third kappa shape index (κ3) is 6.37. The highest BCUT2D eigenvalue weighted by molar-refractivity contribution is 6.20. The van der Waals surface area contributed by atoms with E-state index in [1.807, 2.05) is 0 Å². The summed E-state index contributed by atoms with van der Waals surface area (Å²) in [5.41, 5.74) is -3.56. The van der Waals surface area contributed by atoms with Crippen molar-refractivity contribution in [2.24, 2.45) is 0 Å². The Kier molecular flexibility index (Phi) is 4.82. The van der Waals surface area contributed by atoms with E-state index < -0.39 is 17.4 Å². The van der Waals surface area contributed by atoms with Crippen LogP contribution in [0.5, 0.6) is 5.75 Å². The quantitative estimate of drug-likeness (QED) is 0.650. The number of alkyl halides is 3. The van der Waals surface area contributed by atoms with Gasteiger partial charge < -0.3 is 20.0 Å². The minimum absolute atomic E-state index is 0.191. The van der Waals surface area contributed by atoms with Crippen LogP contribution in [0, 0.1) is 0 Å². The smallest absolute Gasteiger partial charge is 0.487 e. The number of ether oxygens (including phenoxy) is 1. The lowest BCUT2D eigenvalue weighted by molar-refractivity contribution is -0.297. The average molecular weight is 291 g/mol. The van der Waals surface area contributed by atoms with Gasteiger partial charge >= 0.3 is 5.57 Å². The largest absolute Gasteiger partial charge is 0.545 e. The first-order valence-corrected chi connectivity index (χ1v) is 5.20. The number of benzene rings is 1. The number of amides is 1. The number of aliphatic carboxylic acids is 1. The molecule has 5 nitrogen and oxygen atoms in total. The van der Waals surface area contributed by atoms with Crippen LogP contribution in [-0.4, -0.2) is 17.4 Å². The third-order valence-electron chi connectivity index (χ3n) is 1.73. The Morgan fingerprint density at radius 3 is 2.32 bits per heavy atom. The van der Waals surface area contributed by atoms with Gasteiger partial charge in [0.25, 0.3) is 0 Å². The number of carbonyl (C=O) groups excluding carboxylic acids is 2. The molecule has 0 radical (unpaired) electrons. The molecule has 0 aliphatic rings. The highest BCUT2D eigenvalue weighted by atomic mass is 35.5. The Hall–Kier alpha value is -2.15. The van der Waals surface area contributed by atoms with Crippen LogP contribution >= 0.6 is 11.6 Å². The van der Waals surface area contributed by atoms with E-state index in [0.29, 0.717) is 6.08 Å². The van der Waals surface area contributed by atoms with E-state index in [4.69, 9.17) is 0 Å². The first-order valence-electron chi connectivity index (χ1n) is 4.82. The maximum absolute atomic E-state index is 12.3. The van der Waals surface area contributed by atoms with E-state index in [0.717, 1.165) is 18.2 Å². The molecule has 0 unspecified atom stereocenters. The van der Waals surface area contributed by atoms with Gasteiger partial charge in [0.1, 0.15) is 5.75 Å². The lowest BCUT2D eigenvalue weighted by Gasteiger charge is -2.10. The summed E-state index contributed by atoms with van der Waals surface area (Å²) in [7, 11) is 0. The second kappa shape index (κ2) is 6.14. The van der Waals surface area contributed by atoms with Crippen LogP contribution in [0.4, 0.5) is 14.5 Å². The van der Waals surface area contributed by atoms with Crippen molar-refractivity contribution < 1.29 is 28.2 Å². The standard InChI is InChI=1S/C11H8ClF2NO4/c12-11(13,14)19-8-3-1-7(2-4-8)15-9(16)5-6-10(17)18/h1-6H,(H,15,16)(H,17,18)/p-1/b6-5+. The van der Waals surface area contributed by atoms with Crippen molar-refractivity contribution in [3.05, 3.63) is 36.4 Å². The van der Waals surface area contributed by atoms with Gasteiger partial charge in [-0.2, -0.15) is 0 Å². The van der Waals surface area contributed by atoms with Gasteiger partial charge in [0.15, 0.2) is 0 Å². The summed E-state index contributed by atoms with van der Waals surface area (Å²) < 4.78 is 28.7. The summed E-state index contributed by atoms with van der Waals surface area (Å²) in [6, 6.07) is 4.88. The SMILES string of the molecule is O=C([O-])/C=C/C(=O)Nc1ccc(OC(F)(F)Cl)cc1. The molecule has 0 bridgehead atoms. The second-order valence-electron chi connectivity index (χ2n) is 3.21. The van der Waals surface area contributed by atoms with Crippen LogP contribution in [0.2, 0.25) is 0 Å². The van der Waals surface area contributed by atoms with Crippen molar-refractivity contribution >= 4 is 29.2 Å². The zero-order valence-electron chi connectivity index (χ0n) is 9.23. The van der Waals surface area contributed by atoms with E-state index in [1.165, 1.54) is 12.1 Å². The Labute approximate surface area is 111 Å². The topological polar surface area (TPSA) is 78.5 Å². The molecule has 0 aliphatic heterocycles. The van der Waals surface area contributed by atoms with E-state index >= 15 is 0 Å². The maximum Gasteiger partial charge on any atom is 0.487 e. The lowest BCUT2D eigenvalue weighted by atomic mass is 10.3. The van der Waals surface area contributed by atoms with Crippen LogP contribution < -0.4 is 15.2 Å². The minimum Gasteiger partial charge on any atom is -0.545 e. The molecule has 19 heavy (non-hydrogen) atoms. The Morgan fingerprint density at radius 1 is 1.26 bits per heavy atom. The highest BCUT2D eigenvalue weighted by Crippen LogP contribution is 2.25. The van der Waals surface area contributed by atoms with E-state index in [9.17, 15) is 23.5 Å². The molecule has 1 N–H and O–H groups in total. The van der Waals surface area contributed by atoms with Crippen molar-refractivity contribution in [1.82, 2.24) is 0 Å². The monoisotopic (exact) mass is 290 g/mol. The third-order valence-corrected chi connectivity index (χ3v) is 1.80. The molecule has 0 spiro atoms. The van der Waals surface area contributed by atoms with Gasteiger partial charge in [-0.3, -0.25) is 4.79 Å². The number of carboxylic acids is 1. The first-order chi connectivity index (χ1) is 8.76. The molecule has 8 heteroatoms. The molecule has 1 aromatic carbocycles. The Bertz CT molecular complexity index is 496. The molecule has 1 aromatic rings. The number of carbonyl (C=O) groups is 2. The van der Waals surface area contributed by atoms with E-state index in [-0.39, 0.29) is 11.4 Å². The van der Waals surface area contributed by atoms with Gasteiger partial charge in [-0.1, -0.05) is 0 Å². The Balaban J connectivity index is 2.62. The highest BCUT2D eigenvalue weighted by Gasteiger charge is 2.27. The first kappa shape index (κ1) is 14.9. The molecule has 0 aromatic heterocycles. The van der Waals surface area contributed by atoms with Crippen molar-refractivity contribution in [2.45, 2.75) is 5.57 Å². The average Bonchev–Trinajstić information content (AvgIpc) is 2.27. The van der Waals surface area contributed by atoms with Crippen LogP contribution in [0.25, 0.3) is 0 Å². The number of carboxylic acid groups (broad SMARTS) is 1. The predicted octanol–water partition coefficient (Wildman–Crippen LogP) is 1.10. The van der Waals surface area contributed by atoms with Crippen molar-refractivity contribution in [3.8, 4) is 5.75 Å². The normalized spacial score (nSPS) is 11.3. The number of nitrogens with one attached hydrogen (secondary N) is 1. The zero-order chi connectivity index (χ0) is 14.5. The number of anilines is 1. The molecule has 1 amide bonds. The molecule has 102 valence electrons. The fourth-order valence-electron chi connectivity index (χ4n) is 1.07. The fraction of sp³-hybridized carbons (Fsp3) is 0.0909. The van der Waals surface area contributed by atoms with Gasteiger partial charge in [-0.15, -0.1) is 8.78 Å². The van der Waals surface area contributed by atoms with Crippen LogP contribution in [-0.2, 0) is 9.59 Å². The summed E-state index contributed by atoms with van der Waals surface area (Å²) in [5.74, 6) is -2.41. The summed E-state index contributed by atoms with van der Waals surface area (Å²) in [6.07, 6.45) is 1.31. The molecular weight excluding hydrogens is 284 g/mol. The summed E-state index contributed by atoms with van der Waals surface area (Å²) in [4.78, 5) is 21.2. The molecule has 0 heterocycles. The summed E-state index contributed by atoms with van der Waals surface area (Å²) in [6.45, 7) is 0. The minimum atomic E-state index is -3.82. The molecule has 1 rings (SSSR count). The summed E-state index contributed by atoms with van der Waals surface area (Å²) in [5, 5.41) is 12.4. The van der Waals surface area contributed by atoms with Crippen molar-refractivity contribution in [1.29, 1.82) is 0 Å². The van der Waals surface area contributed by atoms with Gasteiger partial charge in [0.2, 0.25) is 5.91 Å². The fourth-order valence-corrected chi connectivity index (χ4v) is 1.16. The maximum atomic E-state index is 12.3. The van der Waals surface area contributed by atoms with E-state index in [1.54, 1.807) is 0 Å². The number of halogens is 3. The van der Waals surface area contributed by atoms with Crippen LogP contribution in [0.1, 0.15) is 0 Å². The molecule has 0 aliphatic carbocycles. The van der Waals surface area contributed by atoms with E-state index in [2.05, 4.69) is 21.7 Å². The number of hydrogen-bond acceptors (Lipinski definition) is 4. The number of rotatable bonds is 5. The summed E-state index contributed by atoms with van der Waals surface area (Å²) >= 11 is 4.57. The molecule has 0 atom stereocenters. The van der Waals surface area contributed by atoms with Gasteiger partial charge in [-0.05, 0) is 30.3 Å². The van der Waals surface area contributed by atoms with Gasteiger partial charge in [-0.25, -0.2) is 0 Å². The van der Waals surface area contributed by atoms with Gasteiger partial charge in [0.05, 0.1) is 5.97 Å². The molecular formula is C11H7ClF2NO4-. The van der Waals surface area contributed by atoms with Gasteiger partial charge in [0, 0.05) is 23.4 Å². The number of hydrogen-bond donors (Lipinski definition) is 1.